The molecule has 0 spiro atoms. The molecule has 1 aromatic carbocycles. The number of aromatic amines is 1. The Morgan fingerprint density at radius 2 is 2.00 bits per heavy atom. The molecule has 0 aliphatic heterocycles. The lowest BCUT2D eigenvalue weighted by Crippen LogP contribution is -2.54. The molecule has 1 heterocycles. The molecule has 1 aromatic heterocycles. The number of carbonyl (C=O) groups excluding carboxylic acids is 1. The second-order valence-electron chi connectivity index (χ2n) is 6.99. The van der Waals surface area contributed by atoms with Gasteiger partial charge in [0, 0.05) is 24.2 Å². The fourth-order valence-corrected chi connectivity index (χ4v) is 3.63. The van der Waals surface area contributed by atoms with Gasteiger partial charge in [0.25, 0.3) is 11.5 Å². The van der Waals surface area contributed by atoms with Gasteiger partial charge in [-0.2, -0.15) is 0 Å². The molecule has 1 amide bonds. The number of likely N-dealkylation sites (N-methyl/N-ethyl adjacent to an activating group) is 1. The highest BCUT2D eigenvalue weighted by Gasteiger charge is 2.34. The summed E-state index contributed by atoms with van der Waals surface area (Å²) in [6, 6.07) is 4.74. The highest BCUT2D eigenvalue weighted by molar-refractivity contribution is 5.97. The van der Waals surface area contributed by atoms with Crippen molar-refractivity contribution >= 4 is 22.8 Å². The third-order valence-corrected chi connectivity index (χ3v) is 5.27. The lowest BCUT2D eigenvalue weighted by Gasteiger charge is -2.42. The van der Waals surface area contributed by atoms with E-state index in [2.05, 4.69) is 10.3 Å². The summed E-state index contributed by atoms with van der Waals surface area (Å²) in [5.74, 6) is -1.14. The van der Waals surface area contributed by atoms with E-state index in [9.17, 15) is 19.2 Å². The number of aromatic nitrogens is 2. The number of hydrogen-bond acceptors (Lipinski definition) is 5. The van der Waals surface area contributed by atoms with E-state index in [1.54, 1.807) is 19.1 Å². The van der Waals surface area contributed by atoms with Crippen molar-refractivity contribution < 1.29 is 14.7 Å². The summed E-state index contributed by atoms with van der Waals surface area (Å²) in [5, 5.41) is 12.2. The van der Waals surface area contributed by atoms with E-state index in [0.29, 0.717) is 35.9 Å². The van der Waals surface area contributed by atoms with E-state index >= 15 is 0 Å². The molecule has 2 aromatic rings. The van der Waals surface area contributed by atoms with Crippen LogP contribution in [-0.2, 0) is 11.3 Å². The molecular weight excluding hydrogens is 364 g/mol. The number of amides is 1. The number of rotatable bonds is 7. The fourth-order valence-electron chi connectivity index (χ4n) is 3.63. The molecule has 0 bridgehead atoms. The van der Waals surface area contributed by atoms with Crippen LogP contribution >= 0.6 is 0 Å². The molecule has 3 rings (SSSR count). The molecule has 9 heteroatoms. The molecule has 0 atom stereocenters. The summed E-state index contributed by atoms with van der Waals surface area (Å²) in [6.07, 6.45) is 1.39. The van der Waals surface area contributed by atoms with Gasteiger partial charge >= 0.3 is 11.7 Å². The van der Waals surface area contributed by atoms with Gasteiger partial charge in [-0.3, -0.25) is 23.9 Å². The molecule has 28 heavy (non-hydrogen) atoms. The van der Waals surface area contributed by atoms with Crippen LogP contribution in [0.25, 0.3) is 10.9 Å². The van der Waals surface area contributed by atoms with Crippen LogP contribution in [0.2, 0.25) is 0 Å². The zero-order chi connectivity index (χ0) is 20.4. The van der Waals surface area contributed by atoms with Crippen molar-refractivity contribution in [2.45, 2.75) is 45.3 Å². The largest absolute Gasteiger partial charge is 0.480 e. The Labute approximate surface area is 161 Å². The van der Waals surface area contributed by atoms with Gasteiger partial charge in [-0.15, -0.1) is 0 Å². The first-order valence-electron chi connectivity index (χ1n) is 9.37. The molecule has 0 unspecified atom stereocenters. The van der Waals surface area contributed by atoms with Gasteiger partial charge in [-0.1, -0.05) is 6.92 Å². The molecular formula is C19H24N4O5. The number of nitrogens with zero attached hydrogens (tertiary/aromatic N) is 2. The van der Waals surface area contributed by atoms with E-state index in [0.717, 1.165) is 4.57 Å². The highest BCUT2D eigenvalue weighted by atomic mass is 16.4. The quantitative estimate of drug-likeness (QED) is 0.630. The number of carbonyl (C=O) groups is 2. The van der Waals surface area contributed by atoms with Gasteiger partial charge in [-0.05, 0) is 44.5 Å². The van der Waals surface area contributed by atoms with Gasteiger partial charge in [-0.25, -0.2) is 4.79 Å². The lowest BCUT2D eigenvalue weighted by atomic mass is 9.85. The number of aliphatic carboxylic acids is 1. The number of H-pyrrole nitrogens is 1. The minimum atomic E-state index is -0.860. The number of nitrogens with one attached hydrogen (secondary N) is 2. The Morgan fingerprint density at radius 1 is 1.29 bits per heavy atom. The Kier molecular flexibility index (Phi) is 5.64. The molecule has 1 aliphatic rings. The van der Waals surface area contributed by atoms with Crippen molar-refractivity contribution in [3.05, 3.63) is 44.6 Å². The Balaban J connectivity index is 1.69. The van der Waals surface area contributed by atoms with Crippen molar-refractivity contribution in [1.29, 1.82) is 0 Å². The van der Waals surface area contributed by atoms with Gasteiger partial charge in [0.1, 0.15) is 0 Å². The average molecular weight is 388 g/mol. The average Bonchev–Trinajstić information content (AvgIpc) is 2.62. The maximum absolute atomic E-state index is 12.5. The van der Waals surface area contributed by atoms with E-state index in [1.807, 2.05) is 11.8 Å². The van der Waals surface area contributed by atoms with Crippen LogP contribution in [0, 0.1) is 0 Å². The number of carboxylic acid groups (broad SMARTS) is 1. The summed E-state index contributed by atoms with van der Waals surface area (Å²) in [4.78, 5) is 52.2. The maximum atomic E-state index is 12.5. The summed E-state index contributed by atoms with van der Waals surface area (Å²) in [6.45, 7) is 4.54. The standard InChI is InChI=1S/C19H24N4O5/c1-3-22(10-16(24)25)13-8-12(9-13)20-17(26)11-5-6-14-15(7-11)21-19(28)23(4-2)18(14)27/h5-7,12-13H,3-4,8-10H2,1-2H3,(H,20,26)(H,21,28)(H,24,25). The monoisotopic (exact) mass is 388 g/mol. The SMILES string of the molecule is CCN(CC(=O)O)C1CC(NC(=O)c2ccc3c(=O)n(CC)c(=O)[nH]c3c2)C1. The van der Waals surface area contributed by atoms with E-state index in [4.69, 9.17) is 5.11 Å². The van der Waals surface area contributed by atoms with E-state index in [-0.39, 0.29) is 36.6 Å². The van der Waals surface area contributed by atoms with Crippen LogP contribution in [0.4, 0.5) is 0 Å². The number of hydrogen-bond donors (Lipinski definition) is 3. The topological polar surface area (TPSA) is 124 Å². The molecule has 1 fully saturated rings. The molecule has 0 saturated heterocycles. The molecule has 1 aliphatic carbocycles. The van der Waals surface area contributed by atoms with Gasteiger partial charge in [0.2, 0.25) is 0 Å². The molecule has 0 radical (unpaired) electrons. The Bertz CT molecular complexity index is 1020. The highest BCUT2D eigenvalue weighted by Crippen LogP contribution is 2.26. The predicted octanol–water partition coefficient (Wildman–Crippen LogP) is 0.377. The van der Waals surface area contributed by atoms with Gasteiger partial charge < -0.3 is 15.4 Å². The number of fused-ring (bicyclic) bond motifs is 1. The predicted molar refractivity (Wildman–Crippen MR) is 104 cm³/mol. The second kappa shape index (κ2) is 7.97. The van der Waals surface area contributed by atoms with Crippen molar-refractivity contribution in [3.8, 4) is 0 Å². The number of benzene rings is 1. The Morgan fingerprint density at radius 3 is 2.61 bits per heavy atom. The third-order valence-electron chi connectivity index (χ3n) is 5.27. The summed E-state index contributed by atoms with van der Waals surface area (Å²) in [5.41, 5.74) is -0.193. The molecule has 3 N–H and O–H groups in total. The zero-order valence-corrected chi connectivity index (χ0v) is 15.9. The zero-order valence-electron chi connectivity index (χ0n) is 15.9. The van der Waals surface area contributed by atoms with Crippen LogP contribution in [-0.4, -0.2) is 56.6 Å². The van der Waals surface area contributed by atoms with Crippen molar-refractivity contribution in [1.82, 2.24) is 19.8 Å². The number of carboxylic acids is 1. The van der Waals surface area contributed by atoms with Crippen molar-refractivity contribution in [3.63, 3.8) is 0 Å². The van der Waals surface area contributed by atoms with E-state index in [1.165, 1.54) is 6.07 Å². The van der Waals surface area contributed by atoms with Gasteiger partial charge in [0.05, 0.1) is 17.4 Å². The molecule has 9 nitrogen and oxygen atoms in total. The minimum absolute atomic E-state index is 0.00480. The van der Waals surface area contributed by atoms with E-state index < -0.39 is 11.7 Å². The van der Waals surface area contributed by atoms with Crippen LogP contribution < -0.4 is 16.6 Å². The summed E-state index contributed by atoms with van der Waals surface area (Å²) in [7, 11) is 0. The smallest absolute Gasteiger partial charge is 0.328 e. The first-order valence-corrected chi connectivity index (χ1v) is 9.37. The van der Waals surface area contributed by atoms with Crippen LogP contribution in [0.1, 0.15) is 37.0 Å². The van der Waals surface area contributed by atoms with Crippen LogP contribution in [0.3, 0.4) is 0 Å². The fraction of sp³-hybridized carbons (Fsp3) is 0.474. The van der Waals surface area contributed by atoms with Gasteiger partial charge in [0.15, 0.2) is 0 Å². The normalized spacial score (nSPS) is 18.8. The van der Waals surface area contributed by atoms with Crippen LogP contribution in [0.5, 0.6) is 0 Å². The lowest BCUT2D eigenvalue weighted by molar-refractivity contribution is -0.139. The Hall–Kier alpha value is -2.94. The second-order valence-corrected chi connectivity index (χ2v) is 6.99. The first kappa shape index (κ1) is 19.8. The third kappa shape index (κ3) is 3.84. The maximum Gasteiger partial charge on any atom is 0.328 e. The molecule has 1 saturated carbocycles. The first-order chi connectivity index (χ1) is 13.3. The summed E-state index contributed by atoms with van der Waals surface area (Å²) < 4.78 is 1.10. The van der Waals surface area contributed by atoms with Crippen molar-refractivity contribution in [2.75, 3.05) is 13.1 Å². The van der Waals surface area contributed by atoms with Crippen LogP contribution in [0.15, 0.2) is 27.8 Å². The minimum Gasteiger partial charge on any atom is -0.480 e. The summed E-state index contributed by atoms with van der Waals surface area (Å²) >= 11 is 0. The van der Waals surface area contributed by atoms with Crippen molar-refractivity contribution in [2.24, 2.45) is 0 Å². The molecule has 150 valence electrons.